The summed E-state index contributed by atoms with van der Waals surface area (Å²) < 4.78 is 0. The Morgan fingerprint density at radius 3 is 2.24 bits per heavy atom. The largest absolute Gasteiger partial charge is 0.373 e. The molecule has 1 fully saturated rings. The number of benzene rings is 1. The van der Waals surface area contributed by atoms with Crippen LogP contribution in [0.15, 0.2) is 48.8 Å². The Bertz CT molecular complexity index is 507. The highest BCUT2D eigenvalue weighted by Crippen LogP contribution is 2.28. The zero-order chi connectivity index (χ0) is 15.3. The highest BCUT2D eigenvalue weighted by molar-refractivity contribution is 6.98. The van der Waals surface area contributed by atoms with Crippen molar-refractivity contribution in [1.82, 2.24) is 0 Å². The number of carbonyl (C=O) groups excluding carboxylic acids is 1. The second-order valence-electron chi connectivity index (χ2n) is 5.47. The molecule has 0 aliphatic heterocycles. The molecule has 1 aromatic carbocycles. The Kier molecular flexibility index (Phi) is 5.15. The lowest BCUT2D eigenvalue weighted by Crippen LogP contribution is -2.40. The van der Waals surface area contributed by atoms with Crippen LogP contribution < -0.4 is 5.19 Å². The molecular formula is C17H21O3Si. The van der Waals surface area contributed by atoms with Gasteiger partial charge in [-0.25, -0.2) is 4.79 Å². The van der Waals surface area contributed by atoms with E-state index in [1.807, 2.05) is 23.5 Å². The molecule has 1 saturated carbocycles. The predicted octanol–water partition coefficient (Wildman–Crippen LogP) is 3.62. The summed E-state index contributed by atoms with van der Waals surface area (Å²) in [5.74, 6) is -0.457. The molecule has 0 unspecified atom stereocenters. The van der Waals surface area contributed by atoms with Gasteiger partial charge in [0.15, 0.2) is 0 Å². The van der Waals surface area contributed by atoms with Crippen LogP contribution in [0.4, 0.5) is 0 Å². The standard InChI is InChI=1S/C17H21O3Si/c1-4-21(3,5-2)16-12-10-14(11-13-16)17(18)20-19-15-8-6-7-9-15/h4-5,10-13H,1-2,6-9H2,3H3. The molecule has 0 heterocycles. The Morgan fingerprint density at radius 1 is 1.14 bits per heavy atom. The number of hydrogen-bond acceptors (Lipinski definition) is 3. The van der Waals surface area contributed by atoms with Crippen molar-refractivity contribution < 1.29 is 14.6 Å². The topological polar surface area (TPSA) is 35.5 Å². The first-order valence-electron chi connectivity index (χ1n) is 7.20. The molecule has 4 heteroatoms. The molecule has 21 heavy (non-hydrogen) atoms. The second kappa shape index (κ2) is 6.87. The first-order valence-corrected chi connectivity index (χ1v) is 9.86. The summed E-state index contributed by atoms with van der Waals surface area (Å²) in [6.07, 6.45) is 4.84. The van der Waals surface area contributed by atoms with Gasteiger partial charge in [0.1, 0.15) is 14.2 Å². The normalized spacial score (nSPS) is 15.7. The molecule has 1 radical (unpaired) electrons. The summed E-state index contributed by atoms with van der Waals surface area (Å²) in [4.78, 5) is 21.9. The van der Waals surface area contributed by atoms with E-state index in [-0.39, 0.29) is 0 Å². The van der Waals surface area contributed by atoms with Crippen molar-refractivity contribution in [1.29, 1.82) is 0 Å². The van der Waals surface area contributed by atoms with Gasteiger partial charge >= 0.3 is 5.97 Å². The first-order chi connectivity index (χ1) is 10.1. The summed E-state index contributed by atoms with van der Waals surface area (Å²) in [6.45, 7) is 9.93. The van der Waals surface area contributed by atoms with E-state index in [9.17, 15) is 4.79 Å². The molecular weight excluding hydrogens is 280 g/mol. The van der Waals surface area contributed by atoms with E-state index in [1.165, 1.54) is 0 Å². The number of rotatable bonds is 6. The van der Waals surface area contributed by atoms with Crippen LogP contribution in [0.25, 0.3) is 0 Å². The lowest BCUT2D eigenvalue weighted by molar-refractivity contribution is -0.234. The van der Waals surface area contributed by atoms with Gasteiger partial charge in [0.2, 0.25) is 0 Å². The van der Waals surface area contributed by atoms with Crippen LogP contribution in [0.1, 0.15) is 36.0 Å². The molecule has 3 nitrogen and oxygen atoms in total. The Hall–Kier alpha value is -1.65. The maximum atomic E-state index is 11.9. The van der Waals surface area contributed by atoms with E-state index in [4.69, 9.17) is 9.78 Å². The summed E-state index contributed by atoms with van der Waals surface area (Å²) in [5, 5.41) is 1.16. The van der Waals surface area contributed by atoms with Crippen molar-refractivity contribution in [3.8, 4) is 0 Å². The van der Waals surface area contributed by atoms with Crippen molar-refractivity contribution in [2.24, 2.45) is 0 Å². The number of carbonyl (C=O) groups is 1. The van der Waals surface area contributed by atoms with Gasteiger partial charge in [0.25, 0.3) is 0 Å². The zero-order valence-electron chi connectivity index (χ0n) is 12.4. The van der Waals surface area contributed by atoms with E-state index in [1.54, 1.807) is 12.1 Å². The molecule has 0 spiro atoms. The third-order valence-electron chi connectivity index (χ3n) is 3.99. The fourth-order valence-corrected chi connectivity index (χ4v) is 3.80. The van der Waals surface area contributed by atoms with Crippen LogP contribution in [-0.4, -0.2) is 14.0 Å². The maximum absolute atomic E-state index is 11.9. The Labute approximate surface area is 127 Å². The van der Waals surface area contributed by atoms with E-state index < -0.39 is 14.0 Å². The zero-order valence-corrected chi connectivity index (χ0v) is 13.4. The molecule has 0 bridgehead atoms. The van der Waals surface area contributed by atoms with Crippen molar-refractivity contribution in [3.05, 3.63) is 60.5 Å². The lowest BCUT2D eigenvalue weighted by Gasteiger charge is -2.19. The fourth-order valence-electron chi connectivity index (χ4n) is 2.28. The van der Waals surface area contributed by atoms with Gasteiger partial charge in [-0.2, -0.15) is 4.89 Å². The molecule has 0 amide bonds. The van der Waals surface area contributed by atoms with E-state index in [0.717, 1.165) is 37.0 Å². The molecule has 1 aliphatic rings. The van der Waals surface area contributed by atoms with Gasteiger partial charge in [-0.1, -0.05) is 48.1 Å². The molecule has 0 aromatic heterocycles. The first kappa shape index (κ1) is 15.7. The van der Waals surface area contributed by atoms with Gasteiger partial charge in [-0.15, -0.1) is 13.2 Å². The van der Waals surface area contributed by atoms with E-state index >= 15 is 0 Å². The minimum atomic E-state index is -1.83. The molecule has 0 saturated heterocycles. The quantitative estimate of drug-likeness (QED) is 0.457. The SMILES string of the molecule is C=C[Si](C)(C=C)c1ccc(C(=O)OO[C]2CCCC2)cc1. The molecule has 1 aromatic rings. The van der Waals surface area contributed by atoms with Crippen LogP contribution in [0.2, 0.25) is 6.55 Å². The van der Waals surface area contributed by atoms with Crippen LogP contribution in [0.3, 0.4) is 0 Å². The summed E-state index contributed by atoms with van der Waals surface area (Å²) in [5.41, 5.74) is 4.42. The molecule has 111 valence electrons. The third kappa shape index (κ3) is 3.71. The smallest absolute Gasteiger partial charge is 0.292 e. The molecule has 1 aliphatic carbocycles. The van der Waals surface area contributed by atoms with Crippen LogP contribution >= 0.6 is 0 Å². The van der Waals surface area contributed by atoms with Gasteiger partial charge in [0, 0.05) is 0 Å². The van der Waals surface area contributed by atoms with Crippen molar-refractivity contribution in [2.75, 3.05) is 0 Å². The molecule has 0 N–H and O–H groups in total. The summed E-state index contributed by atoms with van der Waals surface area (Å²) >= 11 is 0. The van der Waals surface area contributed by atoms with Crippen molar-refractivity contribution >= 4 is 19.2 Å². The van der Waals surface area contributed by atoms with E-state index in [2.05, 4.69) is 19.7 Å². The highest BCUT2D eigenvalue weighted by atomic mass is 28.3. The average Bonchev–Trinajstić information content (AvgIpc) is 3.05. The minimum Gasteiger partial charge on any atom is -0.292 e. The second-order valence-corrected chi connectivity index (χ2v) is 9.43. The predicted molar refractivity (Wildman–Crippen MR) is 86.3 cm³/mol. The maximum Gasteiger partial charge on any atom is 0.373 e. The lowest BCUT2D eigenvalue weighted by atomic mass is 10.2. The van der Waals surface area contributed by atoms with E-state index in [0.29, 0.717) is 5.56 Å². The highest BCUT2D eigenvalue weighted by Gasteiger charge is 2.23. The summed E-state index contributed by atoms with van der Waals surface area (Å²) in [6, 6.07) is 7.40. The minimum absolute atomic E-state index is 0.457. The Morgan fingerprint density at radius 2 is 1.71 bits per heavy atom. The van der Waals surface area contributed by atoms with Gasteiger partial charge in [-0.05, 0) is 25.0 Å². The third-order valence-corrected chi connectivity index (χ3v) is 7.26. The van der Waals surface area contributed by atoms with Gasteiger partial charge in [0.05, 0.1) is 5.56 Å². The monoisotopic (exact) mass is 301 g/mol. The van der Waals surface area contributed by atoms with Crippen LogP contribution in [-0.2, 0) is 9.78 Å². The molecule has 2 rings (SSSR count). The van der Waals surface area contributed by atoms with Gasteiger partial charge in [-0.3, -0.25) is 4.89 Å². The van der Waals surface area contributed by atoms with Gasteiger partial charge < -0.3 is 0 Å². The van der Waals surface area contributed by atoms with Crippen molar-refractivity contribution in [3.63, 3.8) is 0 Å². The van der Waals surface area contributed by atoms with Crippen molar-refractivity contribution in [2.45, 2.75) is 32.2 Å². The molecule has 0 atom stereocenters. The average molecular weight is 301 g/mol. The number of hydrogen-bond donors (Lipinski definition) is 0. The Balaban J connectivity index is 1.99. The summed E-state index contributed by atoms with van der Waals surface area (Å²) in [7, 11) is -1.83. The fraction of sp³-hybridized carbons (Fsp3) is 0.294. The van der Waals surface area contributed by atoms with Crippen LogP contribution in [0.5, 0.6) is 0 Å². The van der Waals surface area contributed by atoms with Crippen LogP contribution in [0, 0.1) is 6.10 Å².